The molecule has 1 aromatic heterocycles. The molecule has 0 fully saturated rings. The summed E-state index contributed by atoms with van der Waals surface area (Å²) in [5.74, 6) is 0.752. The quantitative estimate of drug-likeness (QED) is 0.229. The molecule has 2 aromatic carbocycles. The van der Waals surface area contributed by atoms with Crippen LogP contribution in [0.1, 0.15) is 36.1 Å². The van der Waals surface area contributed by atoms with E-state index in [-0.39, 0.29) is 24.0 Å². The van der Waals surface area contributed by atoms with E-state index >= 15 is 0 Å². The lowest BCUT2D eigenvalue weighted by Gasteiger charge is -2.15. The first-order chi connectivity index (χ1) is 14.3. The Bertz CT molecular complexity index is 884. The normalized spacial score (nSPS) is 12.1. The number of nitrogens with zero attached hydrogens (tertiary/aromatic N) is 3. The molecule has 1 heterocycles. The van der Waals surface area contributed by atoms with Gasteiger partial charge in [-0.2, -0.15) is 5.10 Å². The van der Waals surface area contributed by atoms with E-state index in [9.17, 15) is 5.11 Å². The Morgan fingerprint density at radius 1 is 1.03 bits per heavy atom. The summed E-state index contributed by atoms with van der Waals surface area (Å²) in [6.07, 6.45) is 3.88. The van der Waals surface area contributed by atoms with E-state index in [0.717, 1.165) is 24.6 Å². The number of hydrogen-bond donors (Lipinski definition) is 3. The van der Waals surface area contributed by atoms with Crippen LogP contribution in [0.15, 0.2) is 78.0 Å². The maximum absolute atomic E-state index is 10.3. The van der Waals surface area contributed by atoms with Crippen molar-refractivity contribution in [2.45, 2.75) is 32.5 Å². The molecule has 0 amide bonds. The minimum Gasteiger partial charge on any atom is -0.388 e. The van der Waals surface area contributed by atoms with E-state index < -0.39 is 6.10 Å². The van der Waals surface area contributed by atoms with E-state index in [0.29, 0.717) is 19.5 Å². The fourth-order valence-corrected chi connectivity index (χ4v) is 3.11. The molecule has 1 atom stereocenters. The van der Waals surface area contributed by atoms with Crippen LogP contribution < -0.4 is 10.6 Å². The van der Waals surface area contributed by atoms with Crippen LogP contribution in [0.4, 0.5) is 0 Å². The van der Waals surface area contributed by atoms with Gasteiger partial charge in [-0.25, -0.2) is 4.99 Å². The van der Waals surface area contributed by atoms with Gasteiger partial charge in [0.05, 0.1) is 19.2 Å². The van der Waals surface area contributed by atoms with E-state index in [1.807, 2.05) is 66.3 Å². The van der Waals surface area contributed by atoms with Crippen LogP contribution in [0.25, 0.3) is 0 Å². The van der Waals surface area contributed by atoms with Crippen molar-refractivity contribution < 1.29 is 5.11 Å². The maximum atomic E-state index is 10.3. The highest BCUT2D eigenvalue weighted by molar-refractivity contribution is 14.0. The number of benzene rings is 2. The molecule has 0 aliphatic heterocycles. The number of rotatable bonds is 9. The first-order valence-electron chi connectivity index (χ1n) is 10.1. The fourth-order valence-electron chi connectivity index (χ4n) is 3.11. The van der Waals surface area contributed by atoms with Crippen molar-refractivity contribution in [2.24, 2.45) is 4.99 Å². The van der Waals surface area contributed by atoms with Crippen molar-refractivity contribution in [3.63, 3.8) is 0 Å². The van der Waals surface area contributed by atoms with Crippen LogP contribution >= 0.6 is 24.0 Å². The minimum absolute atomic E-state index is 0. The predicted octanol–water partition coefficient (Wildman–Crippen LogP) is 3.73. The minimum atomic E-state index is -0.485. The molecule has 0 spiro atoms. The molecule has 6 nitrogen and oxygen atoms in total. The van der Waals surface area contributed by atoms with Crippen molar-refractivity contribution in [1.29, 1.82) is 0 Å². The van der Waals surface area contributed by atoms with Crippen molar-refractivity contribution >= 4 is 29.9 Å². The Hall–Kier alpha value is -2.39. The summed E-state index contributed by atoms with van der Waals surface area (Å²) in [7, 11) is 0. The van der Waals surface area contributed by atoms with E-state index in [4.69, 9.17) is 4.99 Å². The van der Waals surface area contributed by atoms with Crippen molar-refractivity contribution in [2.75, 3.05) is 13.1 Å². The van der Waals surface area contributed by atoms with Gasteiger partial charge in [0, 0.05) is 25.5 Å². The highest BCUT2D eigenvalue weighted by Crippen LogP contribution is 2.15. The molecular formula is C23H30IN5O. The molecule has 3 rings (SSSR count). The lowest BCUT2D eigenvalue weighted by molar-refractivity contribution is 0.168. The highest BCUT2D eigenvalue weighted by atomic mass is 127. The van der Waals surface area contributed by atoms with Crippen LogP contribution in [-0.2, 0) is 13.1 Å². The molecule has 0 saturated carbocycles. The summed E-state index contributed by atoms with van der Waals surface area (Å²) in [5, 5.41) is 21.2. The number of aliphatic imine (C=N–C) groups is 1. The number of halogens is 1. The van der Waals surface area contributed by atoms with Crippen molar-refractivity contribution in [3.8, 4) is 0 Å². The number of guanidine groups is 1. The second kappa shape index (κ2) is 13.0. The summed E-state index contributed by atoms with van der Waals surface area (Å²) in [4.78, 5) is 4.73. The molecule has 3 N–H and O–H groups in total. The fraction of sp³-hybridized carbons (Fsp3) is 0.304. The van der Waals surface area contributed by atoms with E-state index in [1.165, 1.54) is 11.1 Å². The topological polar surface area (TPSA) is 74.5 Å². The van der Waals surface area contributed by atoms with Crippen molar-refractivity contribution in [1.82, 2.24) is 20.4 Å². The third kappa shape index (κ3) is 7.46. The van der Waals surface area contributed by atoms with Crippen LogP contribution in [0.5, 0.6) is 0 Å². The predicted molar refractivity (Wildman–Crippen MR) is 132 cm³/mol. The molecule has 0 aliphatic rings. The summed E-state index contributed by atoms with van der Waals surface area (Å²) in [6.45, 7) is 4.76. The molecule has 30 heavy (non-hydrogen) atoms. The number of hydrogen-bond acceptors (Lipinski definition) is 3. The van der Waals surface area contributed by atoms with E-state index in [2.05, 4.69) is 27.9 Å². The summed E-state index contributed by atoms with van der Waals surface area (Å²) in [5.41, 5.74) is 3.31. The first kappa shape index (κ1) is 23.9. The smallest absolute Gasteiger partial charge is 0.191 e. The van der Waals surface area contributed by atoms with Gasteiger partial charge in [0.15, 0.2) is 5.96 Å². The lowest BCUT2D eigenvalue weighted by atomic mass is 10.1. The van der Waals surface area contributed by atoms with Gasteiger partial charge in [-0.05, 0) is 36.1 Å². The third-order valence-corrected chi connectivity index (χ3v) is 4.66. The monoisotopic (exact) mass is 519 g/mol. The Morgan fingerprint density at radius 3 is 2.47 bits per heavy atom. The summed E-state index contributed by atoms with van der Waals surface area (Å²) < 4.78 is 1.91. The van der Waals surface area contributed by atoms with Crippen LogP contribution in [-0.4, -0.2) is 33.9 Å². The first-order valence-corrected chi connectivity index (χ1v) is 10.1. The average molecular weight is 519 g/mol. The molecule has 0 radical (unpaired) electrons. The third-order valence-electron chi connectivity index (χ3n) is 4.66. The number of aromatic nitrogens is 2. The van der Waals surface area contributed by atoms with Gasteiger partial charge in [-0.1, -0.05) is 54.6 Å². The molecule has 3 aromatic rings. The van der Waals surface area contributed by atoms with Crippen LogP contribution in [0.3, 0.4) is 0 Å². The lowest BCUT2D eigenvalue weighted by Crippen LogP contribution is -2.38. The molecular weight excluding hydrogens is 489 g/mol. The maximum Gasteiger partial charge on any atom is 0.191 e. The van der Waals surface area contributed by atoms with Gasteiger partial charge < -0.3 is 15.7 Å². The zero-order valence-corrected chi connectivity index (χ0v) is 19.6. The number of nitrogens with one attached hydrogen (secondary N) is 2. The molecule has 0 aliphatic carbocycles. The van der Waals surface area contributed by atoms with Gasteiger partial charge in [0.25, 0.3) is 0 Å². The second-order valence-electron chi connectivity index (χ2n) is 6.81. The molecule has 160 valence electrons. The summed E-state index contributed by atoms with van der Waals surface area (Å²) >= 11 is 0. The summed E-state index contributed by atoms with van der Waals surface area (Å²) in [6, 6.07) is 20.0. The van der Waals surface area contributed by atoms with E-state index in [1.54, 1.807) is 6.20 Å². The molecule has 1 unspecified atom stereocenters. The van der Waals surface area contributed by atoms with Crippen LogP contribution in [0.2, 0.25) is 0 Å². The van der Waals surface area contributed by atoms with Crippen LogP contribution in [0, 0.1) is 0 Å². The zero-order chi connectivity index (χ0) is 20.3. The highest BCUT2D eigenvalue weighted by Gasteiger charge is 2.07. The average Bonchev–Trinajstić information content (AvgIpc) is 3.26. The number of aliphatic hydroxyl groups is 1. The Kier molecular flexibility index (Phi) is 10.4. The van der Waals surface area contributed by atoms with Gasteiger partial charge in [-0.3, -0.25) is 4.68 Å². The molecule has 0 saturated heterocycles. The van der Waals surface area contributed by atoms with Gasteiger partial charge >= 0.3 is 0 Å². The zero-order valence-electron chi connectivity index (χ0n) is 17.2. The number of aliphatic hydroxyl groups excluding tert-OH is 1. The van der Waals surface area contributed by atoms with Gasteiger partial charge in [0.1, 0.15) is 0 Å². The SMILES string of the molecule is CCNC(=NCc1ccccc1Cn1cccn1)NCCC(O)c1ccccc1.I. The Morgan fingerprint density at radius 2 is 1.77 bits per heavy atom. The van der Waals surface area contributed by atoms with Gasteiger partial charge in [-0.15, -0.1) is 24.0 Å². The van der Waals surface area contributed by atoms with Gasteiger partial charge in [0.2, 0.25) is 0 Å². The standard InChI is InChI=1S/C23H29N5O.HI/c1-2-24-23(25-15-13-22(29)19-9-4-3-5-10-19)26-17-20-11-6-7-12-21(20)18-28-16-8-14-27-28;/h3-12,14,16,22,29H,2,13,15,17-18H2,1H3,(H2,24,25,26);1H. The largest absolute Gasteiger partial charge is 0.388 e. The molecule has 7 heteroatoms. The Balaban J connectivity index is 0.00000320. The molecule has 0 bridgehead atoms. The van der Waals surface area contributed by atoms with Crippen molar-refractivity contribution in [3.05, 3.63) is 89.7 Å². The Labute approximate surface area is 195 Å². The second-order valence-corrected chi connectivity index (χ2v) is 6.81.